The summed E-state index contributed by atoms with van der Waals surface area (Å²) in [5.74, 6) is 1.08. The van der Waals surface area contributed by atoms with E-state index < -0.39 is 0 Å². The van der Waals surface area contributed by atoms with Crippen LogP contribution in [-0.2, 0) is 13.7 Å². The van der Waals surface area contributed by atoms with Crippen molar-refractivity contribution in [1.29, 1.82) is 0 Å². The quantitative estimate of drug-likeness (QED) is 0.907. The Morgan fingerprint density at radius 3 is 2.83 bits per heavy atom. The zero-order valence-corrected chi connectivity index (χ0v) is 10.9. The van der Waals surface area contributed by atoms with Gasteiger partial charge in [-0.2, -0.15) is 4.80 Å². The average molecular weight is 268 g/mol. The number of tetrazole rings is 1. The second kappa shape index (κ2) is 5.32. The van der Waals surface area contributed by atoms with Gasteiger partial charge in [0.15, 0.2) is 6.61 Å². The van der Waals surface area contributed by atoms with E-state index in [4.69, 9.17) is 22.1 Å². The fraction of sp³-hybridized carbons (Fsp3) is 0.364. The summed E-state index contributed by atoms with van der Waals surface area (Å²) in [6, 6.07) is 5.41. The Hall–Kier alpha value is -1.66. The molecule has 6 nitrogen and oxygen atoms in total. The summed E-state index contributed by atoms with van der Waals surface area (Å²) in [4.78, 5) is 1.37. The minimum absolute atomic E-state index is 0.0572. The predicted molar refractivity (Wildman–Crippen MR) is 67.2 cm³/mol. The molecule has 0 aliphatic heterocycles. The summed E-state index contributed by atoms with van der Waals surface area (Å²) >= 11 is 6.10. The molecule has 0 fully saturated rings. The zero-order chi connectivity index (χ0) is 13.1. The lowest BCUT2D eigenvalue weighted by Gasteiger charge is -2.10. The molecule has 0 spiro atoms. The van der Waals surface area contributed by atoms with Crippen LogP contribution in [0, 0.1) is 0 Å². The topological polar surface area (TPSA) is 78.9 Å². The van der Waals surface area contributed by atoms with Gasteiger partial charge in [0.25, 0.3) is 0 Å². The summed E-state index contributed by atoms with van der Waals surface area (Å²) < 4.78 is 5.52. The molecule has 0 amide bonds. The van der Waals surface area contributed by atoms with Gasteiger partial charge in [-0.05, 0) is 29.8 Å². The molecule has 1 aromatic heterocycles. The molecule has 0 saturated carbocycles. The zero-order valence-electron chi connectivity index (χ0n) is 10.2. The van der Waals surface area contributed by atoms with Gasteiger partial charge in [0.1, 0.15) is 5.75 Å². The lowest BCUT2D eigenvalue weighted by Crippen LogP contribution is -2.05. The minimum atomic E-state index is -0.0572. The summed E-state index contributed by atoms with van der Waals surface area (Å²) in [5, 5.41) is 12.1. The number of rotatable bonds is 4. The van der Waals surface area contributed by atoms with Crippen molar-refractivity contribution in [3.63, 3.8) is 0 Å². The molecule has 0 bridgehead atoms. The highest BCUT2D eigenvalue weighted by Gasteiger charge is 2.07. The number of hydrogen-bond donors (Lipinski definition) is 1. The van der Waals surface area contributed by atoms with Gasteiger partial charge in [-0.25, -0.2) is 0 Å². The third-order valence-corrected chi connectivity index (χ3v) is 2.68. The molecule has 0 aliphatic carbocycles. The molecule has 1 unspecified atom stereocenters. The monoisotopic (exact) mass is 267 g/mol. The van der Waals surface area contributed by atoms with E-state index in [0.717, 1.165) is 5.56 Å². The molecule has 2 aromatic rings. The SMILES string of the molecule is CC(N)c1ccc(OCc2nnn(C)n2)c(Cl)c1. The van der Waals surface area contributed by atoms with Crippen LogP contribution in [0.5, 0.6) is 5.75 Å². The number of halogens is 1. The Kier molecular flexibility index (Phi) is 3.78. The summed E-state index contributed by atoms with van der Waals surface area (Å²) in [7, 11) is 1.70. The van der Waals surface area contributed by atoms with E-state index in [-0.39, 0.29) is 12.6 Å². The number of aryl methyl sites for hydroxylation is 1. The highest BCUT2D eigenvalue weighted by molar-refractivity contribution is 6.32. The van der Waals surface area contributed by atoms with Crippen LogP contribution < -0.4 is 10.5 Å². The largest absolute Gasteiger partial charge is 0.484 e. The first-order chi connectivity index (χ1) is 8.56. The molecule has 0 aliphatic rings. The van der Waals surface area contributed by atoms with Gasteiger partial charge < -0.3 is 10.5 Å². The highest BCUT2D eigenvalue weighted by atomic mass is 35.5. The van der Waals surface area contributed by atoms with E-state index in [1.807, 2.05) is 13.0 Å². The fourth-order valence-corrected chi connectivity index (χ4v) is 1.68. The molecule has 7 heteroatoms. The first-order valence-corrected chi connectivity index (χ1v) is 5.85. The fourth-order valence-electron chi connectivity index (χ4n) is 1.44. The van der Waals surface area contributed by atoms with E-state index in [0.29, 0.717) is 16.6 Å². The van der Waals surface area contributed by atoms with Gasteiger partial charge in [0, 0.05) is 6.04 Å². The van der Waals surface area contributed by atoms with Crippen molar-refractivity contribution in [3.05, 3.63) is 34.6 Å². The lowest BCUT2D eigenvalue weighted by molar-refractivity contribution is 0.295. The van der Waals surface area contributed by atoms with Crippen molar-refractivity contribution >= 4 is 11.6 Å². The second-order valence-electron chi connectivity index (χ2n) is 3.96. The molecule has 18 heavy (non-hydrogen) atoms. The van der Waals surface area contributed by atoms with Gasteiger partial charge in [0.2, 0.25) is 5.82 Å². The molecule has 1 aromatic carbocycles. The molecule has 2 N–H and O–H groups in total. The summed E-state index contributed by atoms with van der Waals surface area (Å²) in [6.07, 6.45) is 0. The van der Waals surface area contributed by atoms with Gasteiger partial charge in [-0.3, -0.25) is 0 Å². The number of hydrogen-bond acceptors (Lipinski definition) is 5. The summed E-state index contributed by atoms with van der Waals surface area (Å²) in [6.45, 7) is 2.13. The van der Waals surface area contributed by atoms with E-state index in [2.05, 4.69) is 15.4 Å². The van der Waals surface area contributed by atoms with Crippen LogP contribution in [0.4, 0.5) is 0 Å². The minimum Gasteiger partial charge on any atom is -0.484 e. The Balaban J connectivity index is 2.05. The predicted octanol–water partition coefficient (Wildman–Crippen LogP) is 1.46. The number of ether oxygens (including phenoxy) is 1. The standard InChI is InChI=1S/C11H14ClN5O/c1-7(13)8-3-4-10(9(12)5-8)18-6-11-14-16-17(2)15-11/h3-5,7H,6,13H2,1-2H3. The molecule has 96 valence electrons. The van der Waals surface area contributed by atoms with Crippen molar-refractivity contribution in [2.24, 2.45) is 12.8 Å². The molecular formula is C11H14ClN5O. The van der Waals surface area contributed by atoms with Crippen LogP contribution in [-0.4, -0.2) is 20.2 Å². The van der Waals surface area contributed by atoms with Crippen molar-refractivity contribution in [3.8, 4) is 5.75 Å². The number of benzene rings is 1. The Morgan fingerprint density at radius 2 is 2.28 bits per heavy atom. The maximum atomic E-state index is 6.10. The molecular weight excluding hydrogens is 254 g/mol. The lowest BCUT2D eigenvalue weighted by atomic mass is 10.1. The Bertz CT molecular complexity index is 540. The van der Waals surface area contributed by atoms with Crippen molar-refractivity contribution in [2.75, 3.05) is 0 Å². The summed E-state index contributed by atoms with van der Waals surface area (Å²) in [5.41, 5.74) is 6.73. The first kappa shape index (κ1) is 12.8. The maximum absolute atomic E-state index is 6.10. The van der Waals surface area contributed by atoms with Crippen LogP contribution >= 0.6 is 11.6 Å². The second-order valence-corrected chi connectivity index (χ2v) is 4.37. The normalized spacial score (nSPS) is 12.4. The van der Waals surface area contributed by atoms with Crippen molar-refractivity contribution < 1.29 is 4.74 Å². The van der Waals surface area contributed by atoms with Gasteiger partial charge >= 0.3 is 0 Å². The average Bonchev–Trinajstić information content (AvgIpc) is 2.73. The smallest absolute Gasteiger partial charge is 0.212 e. The Labute approximate surface area is 110 Å². The van der Waals surface area contributed by atoms with Crippen molar-refractivity contribution in [2.45, 2.75) is 19.6 Å². The molecule has 0 radical (unpaired) electrons. The third-order valence-electron chi connectivity index (χ3n) is 2.39. The van der Waals surface area contributed by atoms with E-state index in [1.165, 1.54) is 4.80 Å². The van der Waals surface area contributed by atoms with Crippen LogP contribution in [0.15, 0.2) is 18.2 Å². The van der Waals surface area contributed by atoms with Gasteiger partial charge in [0.05, 0.1) is 12.1 Å². The molecule has 1 heterocycles. The molecule has 1 atom stereocenters. The number of nitrogens with zero attached hydrogens (tertiary/aromatic N) is 4. The van der Waals surface area contributed by atoms with Gasteiger partial charge in [-0.1, -0.05) is 17.7 Å². The van der Waals surface area contributed by atoms with Crippen LogP contribution in [0.3, 0.4) is 0 Å². The third kappa shape index (κ3) is 2.96. The number of aromatic nitrogens is 4. The van der Waals surface area contributed by atoms with Crippen molar-refractivity contribution in [1.82, 2.24) is 20.2 Å². The van der Waals surface area contributed by atoms with Gasteiger partial charge in [-0.15, -0.1) is 10.2 Å². The van der Waals surface area contributed by atoms with E-state index >= 15 is 0 Å². The van der Waals surface area contributed by atoms with Crippen LogP contribution in [0.1, 0.15) is 24.4 Å². The number of nitrogens with two attached hydrogens (primary N) is 1. The van der Waals surface area contributed by atoms with E-state index in [1.54, 1.807) is 19.2 Å². The van der Waals surface area contributed by atoms with Crippen LogP contribution in [0.2, 0.25) is 5.02 Å². The Morgan fingerprint density at radius 1 is 1.50 bits per heavy atom. The molecule has 2 rings (SSSR count). The van der Waals surface area contributed by atoms with Crippen LogP contribution in [0.25, 0.3) is 0 Å². The maximum Gasteiger partial charge on any atom is 0.212 e. The first-order valence-electron chi connectivity index (χ1n) is 5.47. The van der Waals surface area contributed by atoms with E-state index in [9.17, 15) is 0 Å². The molecule has 0 saturated heterocycles. The highest BCUT2D eigenvalue weighted by Crippen LogP contribution is 2.27.